The van der Waals surface area contributed by atoms with E-state index >= 15 is 0 Å². The van der Waals surface area contributed by atoms with Gasteiger partial charge in [-0.05, 0) is 66.2 Å². The quantitative estimate of drug-likeness (QED) is 0.351. The third-order valence-corrected chi connectivity index (χ3v) is 7.31. The van der Waals surface area contributed by atoms with Crippen LogP contribution in [0.4, 0.5) is 22.4 Å². The fraction of sp³-hybridized carbons (Fsp3) is 0.292. The van der Waals surface area contributed by atoms with Gasteiger partial charge in [-0.1, -0.05) is 23.7 Å². The molecule has 2 aliphatic heterocycles. The average molecular weight is 539 g/mol. The minimum Gasteiger partial charge on any atom is -0.314 e. The number of fused-ring (bicyclic) bond motifs is 1. The van der Waals surface area contributed by atoms with E-state index in [9.17, 15) is 27.2 Å². The van der Waals surface area contributed by atoms with Crippen LogP contribution < -0.4 is 5.32 Å². The van der Waals surface area contributed by atoms with Gasteiger partial charge in [0.25, 0.3) is 11.1 Å². The fourth-order valence-electron chi connectivity index (χ4n) is 4.45. The van der Waals surface area contributed by atoms with Crippen LogP contribution in [0.5, 0.6) is 0 Å². The molecule has 0 radical (unpaired) electrons. The molecule has 1 aromatic heterocycles. The first-order valence-corrected chi connectivity index (χ1v) is 12.2. The first-order valence-electron chi connectivity index (χ1n) is 11.0. The second-order valence-electron chi connectivity index (χ2n) is 8.55. The Hall–Kier alpha value is -2.89. The topological polar surface area (TPSA) is 67.2 Å². The second kappa shape index (κ2) is 9.53. The molecule has 36 heavy (non-hydrogen) atoms. The summed E-state index contributed by atoms with van der Waals surface area (Å²) in [6.07, 6.45) is -2.47. The second-order valence-corrected chi connectivity index (χ2v) is 9.98. The van der Waals surface area contributed by atoms with Crippen LogP contribution in [0.3, 0.4) is 0 Å². The number of thioether (sulfide) groups is 1. The van der Waals surface area contributed by atoms with Crippen molar-refractivity contribution in [2.24, 2.45) is 0 Å². The Kier molecular flexibility index (Phi) is 6.56. The molecule has 2 aliphatic rings. The molecule has 0 aliphatic carbocycles. The molecule has 0 saturated carbocycles. The number of nitrogens with one attached hydrogen (secondary N) is 1. The number of halogens is 5. The molecule has 0 bridgehead atoms. The number of hydrogen-bond acceptors (Lipinski definition) is 5. The molecule has 188 valence electrons. The summed E-state index contributed by atoms with van der Waals surface area (Å²) in [5.41, 5.74) is 0.407. The lowest BCUT2D eigenvalue weighted by atomic mass is 10.0. The Morgan fingerprint density at radius 1 is 1.19 bits per heavy atom. The molecule has 5 rings (SSSR count). The lowest BCUT2D eigenvalue weighted by Gasteiger charge is -2.32. The maximum absolute atomic E-state index is 14.3. The van der Waals surface area contributed by atoms with Gasteiger partial charge in [-0.2, -0.15) is 18.3 Å². The highest BCUT2D eigenvalue weighted by Gasteiger charge is 2.43. The van der Waals surface area contributed by atoms with E-state index in [0.29, 0.717) is 29.4 Å². The number of amides is 2. The van der Waals surface area contributed by atoms with Crippen LogP contribution in [0.15, 0.2) is 47.5 Å². The van der Waals surface area contributed by atoms with Crippen molar-refractivity contribution in [1.29, 1.82) is 0 Å². The molecule has 1 N–H and O–H groups in total. The molecule has 6 nitrogen and oxygen atoms in total. The Bertz CT molecular complexity index is 1390. The summed E-state index contributed by atoms with van der Waals surface area (Å²) in [5, 5.41) is 7.27. The van der Waals surface area contributed by atoms with Gasteiger partial charge in [0.1, 0.15) is 6.17 Å². The number of imide groups is 1. The van der Waals surface area contributed by atoms with Gasteiger partial charge in [-0.15, -0.1) is 0 Å². The van der Waals surface area contributed by atoms with Gasteiger partial charge >= 0.3 is 6.18 Å². The van der Waals surface area contributed by atoms with Crippen LogP contribution in [0.2, 0.25) is 5.02 Å². The summed E-state index contributed by atoms with van der Waals surface area (Å²) in [4.78, 5) is 26.6. The molecule has 2 unspecified atom stereocenters. The molecule has 2 saturated heterocycles. The maximum atomic E-state index is 14.3. The average Bonchev–Trinajstić information content (AvgIpc) is 3.34. The minimum atomic E-state index is -4.56. The van der Waals surface area contributed by atoms with Crippen molar-refractivity contribution in [2.75, 3.05) is 13.1 Å². The summed E-state index contributed by atoms with van der Waals surface area (Å²) >= 11 is 6.53. The number of piperidine rings is 1. The molecule has 2 fully saturated rings. The summed E-state index contributed by atoms with van der Waals surface area (Å²) in [6, 6.07) is 7.92. The molecule has 2 atom stereocenters. The van der Waals surface area contributed by atoms with Gasteiger partial charge in [0.05, 0.1) is 34.8 Å². The molecule has 0 spiro atoms. The smallest absolute Gasteiger partial charge is 0.314 e. The van der Waals surface area contributed by atoms with Gasteiger partial charge in [0.2, 0.25) is 0 Å². The van der Waals surface area contributed by atoms with Crippen molar-refractivity contribution in [3.8, 4) is 0 Å². The molecule has 2 amide bonds. The van der Waals surface area contributed by atoms with Crippen LogP contribution in [-0.2, 0) is 17.5 Å². The van der Waals surface area contributed by atoms with E-state index in [2.05, 4.69) is 10.4 Å². The number of rotatable bonds is 4. The third-order valence-electron chi connectivity index (χ3n) is 6.19. The summed E-state index contributed by atoms with van der Waals surface area (Å²) in [5.74, 6) is -0.530. The van der Waals surface area contributed by atoms with E-state index in [1.165, 1.54) is 23.0 Å². The van der Waals surface area contributed by atoms with Crippen LogP contribution in [-0.4, -0.2) is 51.1 Å². The Morgan fingerprint density at radius 2 is 2.00 bits per heavy atom. The monoisotopic (exact) mass is 538 g/mol. The number of hydrogen-bond donors (Lipinski definition) is 1. The predicted molar refractivity (Wildman–Crippen MR) is 129 cm³/mol. The Labute approximate surface area is 212 Å². The zero-order valence-corrected chi connectivity index (χ0v) is 20.1. The SMILES string of the molecule is O=C1SC(=Cc2ccc3c(cnn3Cc3ccc(Cl)cc3C(F)(F)F)c2)C(=O)N1C1CCNCC1F. The fourth-order valence-corrected chi connectivity index (χ4v) is 5.51. The van der Waals surface area contributed by atoms with Crippen molar-refractivity contribution in [3.63, 3.8) is 0 Å². The van der Waals surface area contributed by atoms with Crippen molar-refractivity contribution < 1.29 is 27.2 Å². The summed E-state index contributed by atoms with van der Waals surface area (Å²) in [7, 11) is 0. The van der Waals surface area contributed by atoms with Gasteiger partial charge in [-0.25, -0.2) is 4.39 Å². The summed E-state index contributed by atoms with van der Waals surface area (Å²) in [6.45, 7) is 0.494. The standard InChI is InChI=1S/C24H19ClF4N4O2S/c25-16-3-2-14(17(9-16)24(27,28)29)12-32-19-4-1-13(7-15(19)10-31-32)8-21-22(34)33(23(35)36-21)20-5-6-30-11-18(20)26/h1-4,7-10,18,20,30H,5-6,11-12H2. The first-order chi connectivity index (χ1) is 17.1. The normalized spacial score (nSPS) is 22.2. The van der Waals surface area contributed by atoms with Crippen LogP contribution in [0.25, 0.3) is 17.0 Å². The predicted octanol–water partition coefficient (Wildman–Crippen LogP) is 5.49. The number of nitrogens with zero attached hydrogens (tertiary/aromatic N) is 3. The van der Waals surface area contributed by atoms with E-state index in [-0.39, 0.29) is 28.6 Å². The highest BCUT2D eigenvalue weighted by molar-refractivity contribution is 8.18. The maximum Gasteiger partial charge on any atom is 0.416 e. The molecular formula is C24H19ClF4N4O2S. The Balaban J connectivity index is 1.40. The van der Waals surface area contributed by atoms with Crippen LogP contribution in [0, 0.1) is 0 Å². The molecule has 3 aromatic rings. The first kappa shape index (κ1) is 24.8. The molecule has 2 aromatic carbocycles. The number of alkyl halides is 4. The lowest BCUT2D eigenvalue weighted by Crippen LogP contribution is -2.52. The zero-order chi connectivity index (χ0) is 25.6. The third kappa shape index (κ3) is 4.74. The van der Waals surface area contributed by atoms with Gasteiger partial charge < -0.3 is 5.32 Å². The molecule has 3 heterocycles. The van der Waals surface area contributed by atoms with E-state index in [1.807, 2.05) is 0 Å². The van der Waals surface area contributed by atoms with E-state index in [0.717, 1.165) is 22.7 Å². The molecular weight excluding hydrogens is 520 g/mol. The number of carbonyl (C=O) groups is 2. The van der Waals surface area contributed by atoms with Gasteiger partial charge in [0.15, 0.2) is 0 Å². The Morgan fingerprint density at radius 3 is 2.75 bits per heavy atom. The van der Waals surface area contributed by atoms with Crippen molar-refractivity contribution in [2.45, 2.75) is 31.4 Å². The number of carbonyl (C=O) groups excluding carboxylic acids is 2. The van der Waals surface area contributed by atoms with Gasteiger partial charge in [0, 0.05) is 17.0 Å². The molecule has 12 heteroatoms. The van der Waals surface area contributed by atoms with Crippen molar-refractivity contribution in [3.05, 3.63) is 69.2 Å². The zero-order valence-electron chi connectivity index (χ0n) is 18.6. The van der Waals surface area contributed by atoms with Crippen LogP contribution >= 0.6 is 23.4 Å². The van der Waals surface area contributed by atoms with Gasteiger partial charge in [-0.3, -0.25) is 19.2 Å². The van der Waals surface area contributed by atoms with Crippen molar-refractivity contribution >= 4 is 51.5 Å². The van der Waals surface area contributed by atoms with E-state index < -0.39 is 35.1 Å². The highest BCUT2D eigenvalue weighted by atomic mass is 35.5. The van der Waals surface area contributed by atoms with E-state index in [4.69, 9.17) is 11.6 Å². The number of aromatic nitrogens is 2. The minimum absolute atomic E-state index is 0.00681. The lowest BCUT2D eigenvalue weighted by molar-refractivity contribution is -0.138. The summed E-state index contributed by atoms with van der Waals surface area (Å²) < 4.78 is 56.2. The van der Waals surface area contributed by atoms with Crippen molar-refractivity contribution in [1.82, 2.24) is 20.0 Å². The van der Waals surface area contributed by atoms with Crippen LogP contribution in [0.1, 0.15) is 23.1 Å². The van der Waals surface area contributed by atoms with E-state index in [1.54, 1.807) is 24.3 Å². The largest absolute Gasteiger partial charge is 0.416 e. The highest BCUT2D eigenvalue weighted by Crippen LogP contribution is 2.37. The number of benzene rings is 2.